The largest absolute Gasteiger partial charge is 0.379 e. The number of nitrogens with zero attached hydrogens (tertiary/aromatic N) is 7. The molecule has 1 atom stereocenters. The first kappa shape index (κ1) is 18.0. The molecule has 4 rings (SSSR count). The molecule has 0 spiro atoms. The second kappa shape index (κ2) is 8.10. The van der Waals surface area contributed by atoms with Crippen molar-refractivity contribution in [3.05, 3.63) is 35.9 Å². The van der Waals surface area contributed by atoms with Crippen LogP contribution in [0.25, 0.3) is 0 Å². The summed E-state index contributed by atoms with van der Waals surface area (Å²) in [6, 6.07) is 0. The molecule has 0 saturated carbocycles. The van der Waals surface area contributed by atoms with Crippen molar-refractivity contribution in [3.63, 3.8) is 0 Å². The van der Waals surface area contributed by atoms with E-state index in [1.807, 2.05) is 11.9 Å². The van der Waals surface area contributed by atoms with Crippen LogP contribution in [0.15, 0.2) is 18.6 Å². The fraction of sp³-hybridized carbons (Fsp3) is 0.611. The number of carbonyl (C=O) groups excluding carboxylic acids is 1. The molecule has 2 aromatic rings. The molecule has 0 N–H and O–H groups in total. The van der Waals surface area contributed by atoms with E-state index >= 15 is 0 Å². The molecule has 144 valence electrons. The fourth-order valence-corrected chi connectivity index (χ4v) is 3.77. The van der Waals surface area contributed by atoms with Gasteiger partial charge >= 0.3 is 0 Å². The summed E-state index contributed by atoms with van der Waals surface area (Å²) in [7, 11) is 2.02. The fourth-order valence-electron chi connectivity index (χ4n) is 3.77. The molecule has 0 bridgehead atoms. The van der Waals surface area contributed by atoms with Crippen LogP contribution >= 0.6 is 0 Å². The van der Waals surface area contributed by atoms with E-state index in [1.54, 1.807) is 12.4 Å². The third-order valence-corrected chi connectivity index (χ3v) is 5.32. The molecular weight excluding hydrogens is 346 g/mol. The summed E-state index contributed by atoms with van der Waals surface area (Å²) >= 11 is 0. The van der Waals surface area contributed by atoms with Crippen LogP contribution in [-0.4, -0.2) is 79.8 Å². The van der Waals surface area contributed by atoms with Crippen LogP contribution in [0.4, 0.5) is 0 Å². The summed E-state index contributed by atoms with van der Waals surface area (Å²) in [4.78, 5) is 25.0. The quantitative estimate of drug-likeness (QED) is 0.771. The van der Waals surface area contributed by atoms with Crippen LogP contribution in [-0.2, 0) is 18.3 Å². The van der Waals surface area contributed by atoms with Crippen molar-refractivity contribution >= 4 is 5.91 Å². The lowest BCUT2D eigenvalue weighted by Gasteiger charge is -2.32. The van der Waals surface area contributed by atoms with Gasteiger partial charge in [-0.1, -0.05) is 0 Å². The Kier molecular flexibility index (Phi) is 5.40. The first-order valence-corrected chi connectivity index (χ1v) is 9.46. The average Bonchev–Trinajstić information content (AvgIpc) is 3.09. The number of piperidine rings is 1. The van der Waals surface area contributed by atoms with E-state index in [-0.39, 0.29) is 11.8 Å². The Labute approximate surface area is 158 Å². The maximum absolute atomic E-state index is 12.7. The highest BCUT2D eigenvalue weighted by Gasteiger charge is 2.29. The molecule has 2 aromatic heterocycles. The van der Waals surface area contributed by atoms with Crippen LogP contribution in [0.2, 0.25) is 0 Å². The zero-order valence-corrected chi connectivity index (χ0v) is 15.6. The van der Waals surface area contributed by atoms with Gasteiger partial charge in [0.2, 0.25) is 0 Å². The molecule has 27 heavy (non-hydrogen) atoms. The summed E-state index contributed by atoms with van der Waals surface area (Å²) in [6.45, 7) is 5.54. The van der Waals surface area contributed by atoms with Crippen molar-refractivity contribution < 1.29 is 9.53 Å². The SMILES string of the molecule is Cn1c(CN2CCOCC2)nnc1C1CCCN(C(=O)c2cnccn2)C1. The highest BCUT2D eigenvalue weighted by molar-refractivity contribution is 5.92. The van der Waals surface area contributed by atoms with E-state index in [1.165, 1.54) is 6.20 Å². The first-order valence-electron chi connectivity index (χ1n) is 9.46. The van der Waals surface area contributed by atoms with Gasteiger partial charge in [0.05, 0.1) is 26.0 Å². The van der Waals surface area contributed by atoms with E-state index in [4.69, 9.17) is 4.74 Å². The van der Waals surface area contributed by atoms with Gasteiger partial charge in [-0.05, 0) is 12.8 Å². The highest BCUT2D eigenvalue weighted by atomic mass is 16.5. The Morgan fingerprint density at radius 1 is 1.22 bits per heavy atom. The van der Waals surface area contributed by atoms with Gasteiger partial charge in [-0.25, -0.2) is 4.98 Å². The van der Waals surface area contributed by atoms with E-state index in [0.29, 0.717) is 12.2 Å². The summed E-state index contributed by atoms with van der Waals surface area (Å²) in [5.41, 5.74) is 0.393. The van der Waals surface area contributed by atoms with Gasteiger partial charge in [-0.2, -0.15) is 0 Å². The second-order valence-electron chi connectivity index (χ2n) is 7.10. The number of rotatable bonds is 4. The van der Waals surface area contributed by atoms with Crippen LogP contribution in [0.3, 0.4) is 0 Å². The lowest BCUT2D eigenvalue weighted by atomic mass is 9.97. The number of aromatic nitrogens is 5. The van der Waals surface area contributed by atoms with Crippen LogP contribution in [0.1, 0.15) is 40.9 Å². The molecular formula is C18H25N7O2. The third kappa shape index (κ3) is 3.98. The molecule has 0 aromatic carbocycles. The second-order valence-corrected chi connectivity index (χ2v) is 7.10. The Morgan fingerprint density at radius 2 is 2.07 bits per heavy atom. The maximum Gasteiger partial charge on any atom is 0.274 e. The van der Waals surface area contributed by atoms with Gasteiger partial charge in [-0.15, -0.1) is 10.2 Å². The molecule has 9 heteroatoms. The molecule has 0 aliphatic carbocycles. The van der Waals surface area contributed by atoms with Crippen LogP contribution in [0.5, 0.6) is 0 Å². The zero-order chi connectivity index (χ0) is 18.6. The van der Waals surface area contributed by atoms with Crippen LogP contribution in [0, 0.1) is 0 Å². The number of ether oxygens (including phenoxy) is 1. The van der Waals surface area contributed by atoms with Crippen molar-refractivity contribution in [3.8, 4) is 0 Å². The van der Waals surface area contributed by atoms with E-state index in [2.05, 4.69) is 29.6 Å². The topological polar surface area (TPSA) is 89.3 Å². The smallest absolute Gasteiger partial charge is 0.274 e. The molecule has 2 saturated heterocycles. The minimum Gasteiger partial charge on any atom is -0.379 e. The minimum absolute atomic E-state index is 0.0662. The molecule has 9 nitrogen and oxygen atoms in total. The number of hydrogen-bond acceptors (Lipinski definition) is 7. The number of morpholine rings is 1. The summed E-state index contributed by atoms with van der Waals surface area (Å²) in [6.07, 6.45) is 6.60. The predicted octanol–water partition coefficient (Wildman–Crippen LogP) is 0.457. The number of amides is 1. The highest BCUT2D eigenvalue weighted by Crippen LogP contribution is 2.26. The first-order chi connectivity index (χ1) is 13.2. The van der Waals surface area contributed by atoms with Gasteiger partial charge < -0.3 is 14.2 Å². The molecule has 4 heterocycles. The van der Waals surface area contributed by atoms with Crippen molar-refractivity contribution in [2.45, 2.75) is 25.3 Å². The molecule has 1 unspecified atom stereocenters. The Morgan fingerprint density at radius 3 is 2.85 bits per heavy atom. The van der Waals surface area contributed by atoms with Gasteiger partial charge in [0, 0.05) is 51.5 Å². The van der Waals surface area contributed by atoms with Gasteiger partial charge in [-0.3, -0.25) is 14.7 Å². The third-order valence-electron chi connectivity index (χ3n) is 5.32. The van der Waals surface area contributed by atoms with E-state index in [9.17, 15) is 4.79 Å². The number of carbonyl (C=O) groups is 1. The minimum atomic E-state index is -0.0662. The molecule has 2 fully saturated rings. The monoisotopic (exact) mass is 371 g/mol. The zero-order valence-electron chi connectivity index (χ0n) is 15.6. The normalized spacial score (nSPS) is 21.4. The van der Waals surface area contributed by atoms with Gasteiger partial charge in [0.25, 0.3) is 5.91 Å². The van der Waals surface area contributed by atoms with Crippen molar-refractivity contribution in [1.29, 1.82) is 0 Å². The van der Waals surface area contributed by atoms with Crippen molar-refractivity contribution in [2.24, 2.45) is 7.05 Å². The van der Waals surface area contributed by atoms with Gasteiger partial charge in [0.1, 0.15) is 17.3 Å². The van der Waals surface area contributed by atoms with Gasteiger partial charge in [0.15, 0.2) is 0 Å². The lowest BCUT2D eigenvalue weighted by molar-refractivity contribution is 0.0326. The predicted molar refractivity (Wildman–Crippen MR) is 97.0 cm³/mol. The molecule has 0 radical (unpaired) electrons. The number of likely N-dealkylation sites (tertiary alicyclic amines) is 1. The lowest BCUT2D eigenvalue weighted by Crippen LogP contribution is -2.40. The molecule has 2 aliphatic heterocycles. The maximum atomic E-state index is 12.7. The summed E-state index contributed by atoms with van der Waals surface area (Å²) in [5.74, 6) is 2.04. The average molecular weight is 371 g/mol. The summed E-state index contributed by atoms with van der Waals surface area (Å²) < 4.78 is 7.50. The van der Waals surface area contributed by atoms with Crippen molar-refractivity contribution in [2.75, 3.05) is 39.4 Å². The summed E-state index contributed by atoms with van der Waals surface area (Å²) in [5, 5.41) is 8.88. The molecule has 1 amide bonds. The molecule has 2 aliphatic rings. The van der Waals surface area contributed by atoms with Crippen molar-refractivity contribution in [1.82, 2.24) is 34.5 Å². The standard InChI is InChI=1S/C18H25N7O2/c1-23-16(13-24-7-9-27-10-8-24)21-22-17(23)14-3-2-6-25(12-14)18(26)15-11-19-4-5-20-15/h4-5,11,14H,2-3,6-10,12-13H2,1H3. The van der Waals surface area contributed by atoms with E-state index in [0.717, 1.165) is 63.9 Å². The van der Waals surface area contributed by atoms with Crippen LogP contribution < -0.4 is 0 Å². The number of hydrogen-bond donors (Lipinski definition) is 0. The Hall–Kier alpha value is -2.39. The Balaban J connectivity index is 1.44. The van der Waals surface area contributed by atoms with E-state index < -0.39 is 0 Å². The Bertz CT molecular complexity index is 773.